The van der Waals surface area contributed by atoms with Crippen molar-refractivity contribution in [2.75, 3.05) is 29.2 Å². The second-order valence-electron chi connectivity index (χ2n) is 7.19. The zero-order valence-corrected chi connectivity index (χ0v) is 18.7. The van der Waals surface area contributed by atoms with Crippen molar-refractivity contribution in [1.82, 2.24) is 0 Å². The van der Waals surface area contributed by atoms with Gasteiger partial charge in [0.05, 0.1) is 29.7 Å². The number of hydrogen-bond donors (Lipinski definition) is 2. The maximum Gasteiger partial charge on any atom is 0.255 e. The van der Waals surface area contributed by atoms with E-state index >= 15 is 0 Å². The molecule has 0 radical (unpaired) electrons. The molecule has 1 amide bonds. The van der Waals surface area contributed by atoms with E-state index in [9.17, 15) is 13.2 Å². The Labute approximate surface area is 184 Å². The molecule has 7 nitrogen and oxygen atoms in total. The van der Waals surface area contributed by atoms with Crippen LogP contribution < -0.4 is 15.4 Å². The molecule has 2 N–H and O–H groups in total. The van der Waals surface area contributed by atoms with Gasteiger partial charge in [0.1, 0.15) is 5.75 Å². The number of rotatable bonds is 4. The largest absolute Gasteiger partial charge is 0.495 e. The Morgan fingerprint density at radius 1 is 1.23 bits per heavy atom. The molecule has 2 aromatic rings. The van der Waals surface area contributed by atoms with E-state index in [-0.39, 0.29) is 28.7 Å². The molecule has 158 valence electrons. The van der Waals surface area contributed by atoms with Gasteiger partial charge in [-0.3, -0.25) is 9.79 Å². The first kappa shape index (κ1) is 21.0. The topological polar surface area (TPSA) is 96.9 Å². The summed E-state index contributed by atoms with van der Waals surface area (Å²) in [4.78, 5) is 17.2. The number of methoxy groups -OCH3 is 1. The molecule has 10 heteroatoms. The summed E-state index contributed by atoms with van der Waals surface area (Å²) >= 11 is 7.56. The number of hydrogen-bond acceptors (Lipinski definition) is 7. The molecule has 2 atom stereocenters. The maximum absolute atomic E-state index is 12.7. The molecule has 0 saturated carbocycles. The lowest BCUT2D eigenvalue weighted by molar-refractivity contribution is 0.102. The van der Waals surface area contributed by atoms with Crippen LogP contribution in [-0.2, 0) is 9.84 Å². The van der Waals surface area contributed by atoms with Crippen molar-refractivity contribution in [3.63, 3.8) is 0 Å². The molecule has 0 aliphatic carbocycles. The summed E-state index contributed by atoms with van der Waals surface area (Å²) in [5.41, 5.74) is 2.74. The number of benzene rings is 2. The fourth-order valence-corrected chi connectivity index (χ4v) is 7.30. The van der Waals surface area contributed by atoms with E-state index < -0.39 is 9.84 Å². The van der Waals surface area contributed by atoms with Crippen LogP contribution in [0.15, 0.2) is 41.4 Å². The number of carbonyl (C=O) groups is 1. The van der Waals surface area contributed by atoms with E-state index in [4.69, 9.17) is 16.3 Å². The van der Waals surface area contributed by atoms with Crippen LogP contribution in [0, 0.1) is 6.92 Å². The van der Waals surface area contributed by atoms with Crippen molar-refractivity contribution in [2.24, 2.45) is 4.99 Å². The Balaban J connectivity index is 1.48. The second-order valence-corrected chi connectivity index (χ2v) is 11.0. The summed E-state index contributed by atoms with van der Waals surface area (Å²) in [6.45, 7) is 1.93. The van der Waals surface area contributed by atoms with Gasteiger partial charge in [-0.1, -0.05) is 29.4 Å². The van der Waals surface area contributed by atoms with E-state index in [1.54, 1.807) is 30.3 Å². The minimum Gasteiger partial charge on any atom is -0.495 e. The SMILES string of the molecule is COc1ccc(NC(=O)c2ccc(C)c(NC3=N[C@@H]4CS(=O)(=O)C[C@@H]4S3)c2)cc1Cl. The van der Waals surface area contributed by atoms with Gasteiger partial charge >= 0.3 is 0 Å². The third-order valence-electron chi connectivity index (χ3n) is 4.97. The number of ether oxygens (including phenoxy) is 1. The molecule has 2 aliphatic rings. The van der Waals surface area contributed by atoms with Crippen molar-refractivity contribution < 1.29 is 17.9 Å². The molecular weight excluding hydrogens is 446 g/mol. The predicted octanol–water partition coefficient (Wildman–Crippen LogP) is 3.59. The van der Waals surface area contributed by atoms with Crippen molar-refractivity contribution in [1.29, 1.82) is 0 Å². The summed E-state index contributed by atoms with van der Waals surface area (Å²) in [5.74, 6) is 0.511. The normalized spacial score (nSPS) is 21.6. The average molecular weight is 466 g/mol. The van der Waals surface area contributed by atoms with Gasteiger partial charge in [-0.05, 0) is 42.8 Å². The van der Waals surface area contributed by atoms with E-state index in [1.165, 1.54) is 18.9 Å². The third-order valence-corrected chi connectivity index (χ3v) is 8.41. The summed E-state index contributed by atoms with van der Waals surface area (Å²) in [6, 6.07) is 10.2. The summed E-state index contributed by atoms with van der Waals surface area (Å²) < 4.78 is 28.6. The van der Waals surface area contributed by atoms with Gasteiger partial charge in [0.25, 0.3) is 5.91 Å². The number of amides is 1. The van der Waals surface area contributed by atoms with E-state index in [0.29, 0.717) is 27.2 Å². The molecule has 4 rings (SSSR count). The lowest BCUT2D eigenvalue weighted by Gasteiger charge is -2.12. The maximum atomic E-state index is 12.7. The summed E-state index contributed by atoms with van der Waals surface area (Å²) in [5, 5.41) is 7.12. The molecule has 1 fully saturated rings. The summed E-state index contributed by atoms with van der Waals surface area (Å²) in [7, 11) is -1.46. The van der Waals surface area contributed by atoms with Gasteiger partial charge in [0.15, 0.2) is 15.0 Å². The second kappa shape index (κ2) is 8.13. The molecule has 0 unspecified atom stereocenters. The fraction of sp³-hybridized carbons (Fsp3) is 0.300. The van der Waals surface area contributed by atoms with Crippen LogP contribution in [0.4, 0.5) is 11.4 Å². The Morgan fingerprint density at radius 3 is 2.73 bits per heavy atom. The number of anilines is 2. The van der Waals surface area contributed by atoms with Crippen LogP contribution in [-0.4, -0.2) is 49.4 Å². The van der Waals surface area contributed by atoms with Gasteiger partial charge in [-0.25, -0.2) is 8.42 Å². The van der Waals surface area contributed by atoms with E-state index in [0.717, 1.165) is 11.3 Å². The molecule has 2 aromatic carbocycles. The highest BCUT2D eigenvalue weighted by Gasteiger charge is 2.42. The number of aliphatic imine (C=N–C) groups is 1. The Morgan fingerprint density at radius 2 is 2.03 bits per heavy atom. The highest BCUT2D eigenvalue weighted by Crippen LogP contribution is 2.35. The van der Waals surface area contributed by atoms with Crippen LogP contribution in [0.3, 0.4) is 0 Å². The van der Waals surface area contributed by atoms with Crippen LogP contribution in [0.5, 0.6) is 5.75 Å². The van der Waals surface area contributed by atoms with Crippen molar-refractivity contribution in [3.8, 4) is 5.75 Å². The lowest BCUT2D eigenvalue weighted by Crippen LogP contribution is -2.14. The molecule has 0 bridgehead atoms. The monoisotopic (exact) mass is 465 g/mol. The molecule has 2 aliphatic heterocycles. The summed E-state index contributed by atoms with van der Waals surface area (Å²) in [6.07, 6.45) is 0. The number of fused-ring (bicyclic) bond motifs is 1. The molecular formula is C20H20ClN3O4S2. The highest BCUT2D eigenvalue weighted by atomic mass is 35.5. The molecule has 0 aromatic heterocycles. The highest BCUT2D eigenvalue weighted by molar-refractivity contribution is 8.15. The van der Waals surface area contributed by atoms with Gasteiger partial charge < -0.3 is 15.4 Å². The molecule has 0 spiro atoms. The fourth-order valence-electron chi connectivity index (χ4n) is 3.38. The van der Waals surface area contributed by atoms with Crippen molar-refractivity contribution in [2.45, 2.75) is 18.2 Å². The van der Waals surface area contributed by atoms with Gasteiger partial charge in [-0.2, -0.15) is 0 Å². The van der Waals surface area contributed by atoms with Gasteiger partial charge in [-0.15, -0.1) is 0 Å². The number of aryl methyl sites for hydroxylation is 1. The molecule has 30 heavy (non-hydrogen) atoms. The standard InChI is InChI=1S/C20H20ClN3O4S2/c1-11-3-4-12(19(25)22-13-5-6-17(28-2)14(21)8-13)7-15(11)23-20-24-16-9-30(26,27)10-18(16)29-20/h3-8,16,18H,9-10H2,1-2H3,(H,22,25)(H,23,24)/t16-,18+/m1/s1. The number of nitrogens with zero attached hydrogens (tertiary/aromatic N) is 1. The first-order chi connectivity index (χ1) is 14.2. The number of amidine groups is 1. The zero-order valence-electron chi connectivity index (χ0n) is 16.3. The minimum absolute atomic E-state index is 0.0379. The van der Waals surface area contributed by atoms with Crippen LogP contribution in [0.25, 0.3) is 0 Å². The van der Waals surface area contributed by atoms with Gasteiger partial charge in [0.2, 0.25) is 0 Å². The van der Waals surface area contributed by atoms with Crippen LogP contribution in [0.2, 0.25) is 5.02 Å². The first-order valence-electron chi connectivity index (χ1n) is 9.21. The lowest BCUT2D eigenvalue weighted by atomic mass is 10.1. The molecule has 2 heterocycles. The van der Waals surface area contributed by atoms with Crippen LogP contribution in [0.1, 0.15) is 15.9 Å². The zero-order chi connectivity index (χ0) is 21.5. The number of halogens is 1. The smallest absolute Gasteiger partial charge is 0.255 e. The Kier molecular flexibility index (Phi) is 5.69. The minimum atomic E-state index is -2.99. The van der Waals surface area contributed by atoms with Crippen molar-refractivity contribution >= 4 is 55.6 Å². The van der Waals surface area contributed by atoms with E-state index in [1.807, 2.05) is 13.0 Å². The van der Waals surface area contributed by atoms with Crippen molar-refractivity contribution in [3.05, 3.63) is 52.5 Å². The third kappa shape index (κ3) is 4.43. The first-order valence-corrected chi connectivity index (χ1v) is 12.3. The van der Waals surface area contributed by atoms with Gasteiger partial charge in [0, 0.05) is 22.2 Å². The number of nitrogens with one attached hydrogen (secondary N) is 2. The molecule has 1 saturated heterocycles. The number of sulfone groups is 1. The quantitative estimate of drug-likeness (QED) is 0.716. The Hall–Kier alpha value is -2.23. The predicted molar refractivity (Wildman–Crippen MR) is 122 cm³/mol. The van der Waals surface area contributed by atoms with Crippen LogP contribution >= 0.6 is 23.4 Å². The number of carbonyl (C=O) groups excluding carboxylic acids is 1. The Bertz CT molecular complexity index is 1150. The number of thioether (sulfide) groups is 1. The average Bonchev–Trinajstić information content (AvgIpc) is 3.16. The van der Waals surface area contributed by atoms with E-state index in [2.05, 4.69) is 15.6 Å².